The predicted molar refractivity (Wildman–Crippen MR) is 75.1 cm³/mol. The Hall–Kier alpha value is 0.917. The second kappa shape index (κ2) is 4.06. The highest BCUT2D eigenvalue weighted by Crippen LogP contribution is 2.58. The van der Waals surface area contributed by atoms with Gasteiger partial charge in [0.1, 0.15) is 0 Å². The first-order valence-corrected chi connectivity index (χ1v) is 11.0. The van der Waals surface area contributed by atoms with E-state index in [-0.39, 0.29) is 0 Å². The number of hydrogen-bond donors (Lipinski definition) is 0. The summed E-state index contributed by atoms with van der Waals surface area (Å²) in [5.74, 6) is 2.74. The molecule has 1 aliphatic rings. The third-order valence-electron chi connectivity index (χ3n) is 2.87. The van der Waals surface area contributed by atoms with Gasteiger partial charge < -0.3 is 0 Å². The Balaban J connectivity index is 3.01. The zero-order valence-electron chi connectivity index (χ0n) is 10.4. The van der Waals surface area contributed by atoms with Crippen molar-refractivity contribution < 1.29 is 0 Å². The minimum Gasteiger partial charge on any atom is -0.147 e. The number of hydrogen-bond acceptors (Lipinski definition) is 2. The first-order valence-electron chi connectivity index (χ1n) is 5.49. The number of thioether (sulfide) groups is 2. The van der Waals surface area contributed by atoms with Crippen LogP contribution in [0.4, 0.5) is 0 Å². The summed E-state index contributed by atoms with van der Waals surface area (Å²) in [5.41, 5.74) is 0.438. The van der Waals surface area contributed by atoms with Crippen molar-refractivity contribution in [2.24, 2.45) is 5.41 Å². The van der Waals surface area contributed by atoms with Crippen LogP contribution in [0.3, 0.4) is 0 Å². The molecule has 0 aliphatic carbocycles. The van der Waals surface area contributed by atoms with Crippen molar-refractivity contribution in [3.05, 3.63) is 0 Å². The van der Waals surface area contributed by atoms with Gasteiger partial charge in [0.2, 0.25) is 0 Å². The normalized spacial score (nSPS) is 23.6. The van der Waals surface area contributed by atoms with Gasteiger partial charge in [0.25, 0.3) is 0 Å². The second-order valence-electron chi connectivity index (χ2n) is 6.17. The van der Waals surface area contributed by atoms with Crippen LogP contribution in [0.5, 0.6) is 0 Å². The molecule has 0 atom stereocenters. The zero-order chi connectivity index (χ0) is 11.0. The van der Waals surface area contributed by atoms with Crippen LogP contribution >= 0.6 is 23.5 Å². The zero-order valence-corrected chi connectivity index (χ0v) is 13.1. The molecule has 0 amide bonds. The Morgan fingerprint density at radius 2 is 1.43 bits per heavy atom. The minimum absolute atomic E-state index is 0.438. The van der Waals surface area contributed by atoms with Gasteiger partial charge in [-0.25, -0.2) is 0 Å². The van der Waals surface area contributed by atoms with Crippen LogP contribution < -0.4 is 0 Å². The van der Waals surface area contributed by atoms with Gasteiger partial charge in [-0.1, -0.05) is 40.4 Å². The summed E-state index contributed by atoms with van der Waals surface area (Å²) < 4.78 is 0.526. The molecule has 3 heteroatoms. The SMILES string of the molecule is CC(C)(C)C1([Si](C)(C)C)SCCCS1. The molecular formula is C11H24S2Si. The molecule has 0 radical (unpaired) electrons. The van der Waals surface area contributed by atoms with Crippen molar-refractivity contribution >= 4 is 31.6 Å². The molecule has 0 bridgehead atoms. The van der Waals surface area contributed by atoms with Gasteiger partial charge in [0, 0.05) is 0 Å². The third kappa shape index (κ3) is 2.19. The van der Waals surface area contributed by atoms with E-state index in [0.717, 1.165) is 0 Å². The lowest BCUT2D eigenvalue weighted by atomic mass is 9.99. The Kier molecular flexibility index (Phi) is 3.76. The molecule has 1 aliphatic heterocycles. The lowest BCUT2D eigenvalue weighted by molar-refractivity contribution is 0.422. The average Bonchev–Trinajstić information content (AvgIpc) is 2.02. The average molecular weight is 249 g/mol. The van der Waals surface area contributed by atoms with Gasteiger partial charge in [-0.15, -0.1) is 23.5 Å². The van der Waals surface area contributed by atoms with Gasteiger partial charge in [0.05, 0.1) is 11.8 Å². The molecular weight excluding hydrogens is 224 g/mol. The summed E-state index contributed by atoms with van der Waals surface area (Å²) in [6.07, 6.45) is 1.40. The Morgan fingerprint density at radius 1 is 1.00 bits per heavy atom. The largest absolute Gasteiger partial charge is 0.147 e. The van der Waals surface area contributed by atoms with Crippen molar-refractivity contribution in [2.75, 3.05) is 11.5 Å². The monoisotopic (exact) mass is 248 g/mol. The van der Waals surface area contributed by atoms with Gasteiger partial charge in [-0.05, 0) is 23.3 Å². The van der Waals surface area contributed by atoms with Crippen LogP contribution in [0.1, 0.15) is 27.2 Å². The fourth-order valence-electron chi connectivity index (χ4n) is 2.52. The molecule has 0 spiro atoms. The van der Waals surface area contributed by atoms with Crippen molar-refractivity contribution in [3.63, 3.8) is 0 Å². The van der Waals surface area contributed by atoms with Gasteiger partial charge >= 0.3 is 0 Å². The van der Waals surface area contributed by atoms with E-state index in [4.69, 9.17) is 0 Å². The third-order valence-corrected chi connectivity index (χ3v) is 13.9. The highest BCUT2D eigenvalue weighted by Gasteiger charge is 2.53. The standard InChI is InChI=1S/C11H24S2Si/c1-10(2,3)11(14(4,5)6)12-8-7-9-13-11/h7-9H2,1-6H3. The molecule has 0 aromatic heterocycles. The van der Waals surface area contributed by atoms with Crippen LogP contribution in [0.2, 0.25) is 19.6 Å². The van der Waals surface area contributed by atoms with Crippen LogP contribution in [0.25, 0.3) is 0 Å². The predicted octanol–water partition coefficient (Wildman–Crippen LogP) is 4.48. The van der Waals surface area contributed by atoms with Crippen LogP contribution in [0.15, 0.2) is 0 Å². The molecule has 1 saturated heterocycles. The Morgan fingerprint density at radius 3 is 1.64 bits per heavy atom. The van der Waals surface area contributed by atoms with Crippen molar-refractivity contribution in [1.29, 1.82) is 0 Å². The minimum atomic E-state index is -1.12. The summed E-state index contributed by atoms with van der Waals surface area (Å²) in [5, 5.41) is 0. The summed E-state index contributed by atoms with van der Waals surface area (Å²) in [6, 6.07) is 0. The van der Waals surface area contributed by atoms with E-state index in [9.17, 15) is 0 Å². The molecule has 0 N–H and O–H groups in total. The second-order valence-corrected chi connectivity index (χ2v) is 15.0. The molecule has 1 heterocycles. The lowest BCUT2D eigenvalue weighted by Gasteiger charge is -2.53. The van der Waals surface area contributed by atoms with Gasteiger partial charge in [0.15, 0.2) is 0 Å². The highest BCUT2D eigenvalue weighted by molar-refractivity contribution is 8.21. The summed E-state index contributed by atoms with van der Waals surface area (Å²) in [4.78, 5) is 0. The lowest BCUT2D eigenvalue weighted by Crippen LogP contribution is -2.56. The molecule has 0 unspecified atom stereocenters. The molecule has 0 saturated carbocycles. The van der Waals surface area contributed by atoms with Crippen molar-refractivity contribution in [3.8, 4) is 0 Å². The van der Waals surface area contributed by atoms with Crippen molar-refractivity contribution in [2.45, 2.75) is 50.5 Å². The fraction of sp³-hybridized carbons (Fsp3) is 1.00. The molecule has 0 aromatic rings. The van der Waals surface area contributed by atoms with E-state index in [2.05, 4.69) is 63.9 Å². The molecule has 1 rings (SSSR count). The highest BCUT2D eigenvalue weighted by atomic mass is 32.2. The number of rotatable bonds is 1. The molecule has 1 fully saturated rings. The first-order chi connectivity index (χ1) is 6.21. The van der Waals surface area contributed by atoms with E-state index in [1.807, 2.05) is 0 Å². The van der Waals surface area contributed by atoms with Crippen LogP contribution in [-0.4, -0.2) is 23.3 Å². The van der Waals surface area contributed by atoms with E-state index in [0.29, 0.717) is 9.12 Å². The first kappa shape index (κ1) is 13.0. The van der Waals surface area contributed by atoms with E-state index in [1.54, 1.807) is 0 Å². The van der Waals surface area contributed by atoms with Gasteiger partial charge in [-0.3, -0.25) is 0 Å². The van der Waals surface area contributed by atoms with Crippen molar-refractivity contribution in [1.82, 2.24) is 0 Å². The van der Waals surface area contributed by atoms with Gasteiger partial charge in [-0.2, -0.15) is 0 Å². The summed E-state index contributed by atoms with van der Waals surface area (Å²) in [7, 11) is -1.12. The molecule has 0 nitrogen and oxygen atoms in total. The maximum atomic E-state index is 2.53. The Labute approximate surface area is 99.0 Å². The Bertz CT molecular complexity index is 178. The quantitative estimate of drug-likeness (QED) is 0.628. The molecule has 84 valence electrons. The fourth-order valence-corrected chi connectivity index (χ4v) is 11.9. The smallest absolute Gasteiger partial charge is 0.0758 e. The summed E-state index contributed by atoms with van der Waals surface area (Å²) in [6.45, 7) is 14.9. The topological polar surface area (TPSA) is 0 Å². The molecule has 0 aromatic carbocycles. The maximum Gasteiger partial charge on any atom is 0.0758 e. The molecule has 14 heavy (non-hydrogen) atoms. The maximum absolute atomic E-state index is 2.53. The van der Waals surface area contributed by atoms with E-state index in [1.165, 1.54) is 17.9 Å². The van der Waals surface area contributed by atoms with E-state index >= 15 is 0 Å². The van der Waals surface area contributed by atoms with Crippen LogP contribution in [-0.2, 0) is 0 Å². The summed E-state index contributed by atoms with van der Waals surface area (Å²) >= 11 is 4.50. The van der Waals surface area contributed by atoms with Crippen LogP contribution in [0, 0.1) is 5.41 Å². The van der Waals surface area contributed by atoms with E-state index < -0.39 is 8.07 Å².